The number of alkyl halides is 3. The van der Waals surface area contributed by atoms with Crippen molar-refractivity contribution in [3.63, 3.8) is 0 Å². The molecule has 0 aliphatic heterocycles. The third-order valence-electron chi connectivity index (χ3n) is 5.96. The van der Waals surface area contributed by atoms with Crippen LogP contribution >= 0.6 is 11.3 Å². The minimum Gasteiger partial charge on any atom is -0.406 e. The summed E-state index contributed by atoms with van der Waals surface area (Å²) in [5, 5.41) is 15.5. The highest BCUT2D eigenvalue weighted by molar-refractivity contribution is 7.15. The van der Waals surface area contributed by atoms with E-state index in [1.807, 2.05) is 18.3 Å². The van der Waals surface area contributed by atoms with Crippen LogP contribution in [0.1, 0.15) is 34.5 Å². The molecule has 0 saturated heterocycles. The Hall–Kier alpha value is -4.10. The maximum absolute atomic E-state index is 14.6. The van der Waals surface area contributed by atoms with E-state index in [2.05, 4.69) is 30.6 Å². The molecule has 0 unspecified atom stereocenters. The number of benzene rings is 2. The maximum atomic E-state index is 14.6. The number of aryl methyl sites for hydroxylation is 2. The molecule has 0 fully saturated rings. The van der Waals surface area contributed by atoms with Gasteiger partial charge in [-0.05, 0) is 72.7 Å². The summed E-state index contributed by atoms with van der Waals surface area (Å²) in [5.41, 5.74) is 2.20. The highest BCUT2D eigenvalue weighted by atomic mass is 32.1. The smallest absolute Gasteiger partial charge is 0.406 e. The summed E-state index contributed by atoms with van der Waals surface area (Å²) < 4.78 is 61.3. The summed E-state index contributed by atoms with van der Waals surface area (Å²) in [5.74, 6) is -1.57. The average Bonchev–Trinajstić information content (AvgIpc) is 3.40. The van der Waals surface area contributed by atoms with Crippen molar-refractivity contribution in [2.45, 2.75) is 44.9 Å². The Morgan fingerprint density at radius 3 is 2.55 bits per heavy atom. The van der Waals surface area contributed by atoms with E-state index in [-0.39, 0.29) is 12.1 Å². The van der Waals surface area contributed by atoms with E-state index in [0.717, 1.165) is 54.0 Å². The van der Waals surface area contributed by atoms with Gasteiger partial charge in [-0.1, -0.05) is 35.6 Å². The van der Waals surface area contributed by atoms with Crippen molar-refractivity contribution in [3.05, 3.63) is 94.5 Å². The van der Waals surface area contributed by atoms with E-state index in [9.17, 15) is 22.4 Å². The van der Waals surface area contributed by atoms with Crippen molar-refractivity contribution in [1.29, 1.82) is 0 Å². The molecule has 2 aromatic heterocycles. The lowest BCUT2D eigenvalue weighted by atomic mass is 10.1. The van der Waals surface area contributed by atoms with Crippen LogP contribution in [0.15, 0.2) is 67.0 Å². The molecule has 4 aromatic rings. The first-order chi connectivity index (χ1) is 20.2. The van der Waals surface area contributed by atoms with Crippen LogP contribution in [0.5, 0.6) is 5.75 Å². The molecule has 0 bridgehead atoms. The summed E-state index contributed by atoms with van der Waals surface area (Å²) in [6.07, 6.45) is 2.29. The zero-order valence-electron chi connectivity index (χ0n) is 22.5. The van der Waals surface area contributed by atoms with Gasteiger partial charge in [0.1, 0.15) is 23.3 Å². The molecule has 4 rings (SSSR count). The normalized spacial score (nSPS) is 11.3. The number of nitrogens with one attached hydrogen (secondary N) is 2. The van der Waals surface area contributed by atoms with Crippen LogP contribution in [0, 0.1) is 5.82 Å². The second kappa shape index (κ2) is 15.2. The number of hydrogen-bond acceptors (Lipinski definition) is 8. The van der Waals surface area contributed by atoms with Crippen molar-refractivity contribution in [3.8, 4) is 5.75 Å². The Morgan fingerprint density at radius 1 is 0.929 bits per heavy atom. The van der Waals surface area contributed by atoms with Gasteiger partial charge in [0.15, 0.2) is 0 Å². The quantitative estimate of drug-likeness (QED) is 0.0929. The molecule has 0 saturated carbocycles. The number of carbonyl (C=O) groups is 1. The van der Waals surface area contributed by atoms with Gasteiger partial charge in [0.25, 0.3) is 0 Å². The Morgan fingerprint density at radius 2 is 1.76 bits per heavy atom. The number of halogens is 4. The maximum Gasteiger partial charge on any atom is 0.573 e. The van der Waals surface area contributed by atoms with Gasteiger partial charge in [-0.15, -0.1) is 23.4 Å². The molecular formula is C29H29F4N5O3S. The zero-order valence-corrected chi connectivity index (χ0v) is 23.3. The number of ether oxygens (including phenoxy) is 2. The van der Waals surface area contributed by atoms with Crippen LogP contribution in [-0.2, 0) is 35.2 Å². The molecule has 2 heterocycles. The summed E-state index contributed by atoms with van der Waals surface area (Å²) in [4.78, 5) is 16.4. The lowest BCUT2D eigenvalue weighted by Crippen LogP contribution is -2.18. The second-order valence-electron chi connectivity index (χ2n) is 9.28. The third-order valence-corrected chi connectivity index (χ3v) is 6.90. The molecule has 0 aliphatic carbocycles. The summed E-state index contributed by atoms with van der Waals surface area (Å²) in [6, 6.07) is 13.6. The molecular weight excluding hydrogens is 574 g/mol. The molecule has 2 aromatic carbocycles. The van der Waals surface area contributed by atoms with Gasteiger partial charge in [-0.25, -0.2) is 4.39 Å². The predicted molar refractivity (Wildman–Crippen MR) is 151 cm³/mol. The molecule has 2 N–H and O–H groups in total. The number of aromatic nitrogens is 3. The largest absolute Gasteiger partial charge is 0.573 e. The lowest BCUT2D eigenvalue weighted by Gasteiger charge is -2.11. The van der Waals surface area contributed by atoms with Gasteiger partial charge in [-0.2, -0.15) is 0 Å². The van der Waals surface area contributed by atoms with Crippen molar-refractivity contribution in [2.75, 3.05) is 24.0 Å². The average molecular weight is 604 g/mol. The number of nitrogens with zero attached hydrogens (tertiary/aromatic N) is 3. The molecule has 0 aliphatic rings. The molecule has 13 heteroatoms. The zero-order chi connectivity index (χ0) is 29.8. The van der Waals surface area contributed by atoms with Crippen LogP contribution in [0.3, 0.4) is 0 Å². The Labute approximate surface area is 244 Å². The fraction of sp³-hybridized carbons (Fsp3) is 0.310. The minimum absolute atomic E-state index is 0.00129. The fourth-order valence-corrected chi connectivity index (χ4v) is 4.76. The summed E-state index contributed by atoms with van der Waals surface area (Å²) >= 11 is 1.47. The minimum atomic E-state index is -4.83. The van der Waals surface area contributed by atoms with Gasteiger partial charge < -0.3 is 20.1 Å². The number of carbonyl (C=O) groups excluding carboxylic acids is 1. The van der Waals surface area contributed by atoms with Gasteiger partial charge in [0.05, 0.1) is 18.7 Å². The summed E-state index contributed by atoms with van der Waals surface area (Å²) in [6.45, 7) is 0.901. The number of pyridine rings is 1. The monoisotopic (exact) mass is 603 g/mol. The van der Waals surface area contributed by atoms with Crippen molar-refractivity contribution in [1.82, 2.24) is 15.2 Å². The first kappa shape index (κ1) is 30.8. The first-order valence-corrected chi connectivity index (χ1v) is 14.0. The Balaban J connectivity index is 1.13. The molecule has 222 valence electrons. The van der Waals surface area contributed by atoms with E-state index in [1.165, 1.54) is 35.6 Å². The number of amides is 1. The van der Waals surface area contributed by atoms with Crippen LogP contribution in [0.4, 0.5) is 28.4 Å². The van der Waals surface area contributed by atoms with Crippen LogP contribution in [-0.4, -0.2) is 40.8 Å². The first-order valence-electron chi connectivity index (χ1n) is 13.2. The molecule has 8 nitrogen and oxygen atoms in total. The molecule has 0 atom stereocenters. The van der Waals surface area contributed by atoms with Crippen LogP contribution < -0.4 is 15.4 Å². The molecule has 0 spiro atoms. The molecule has 42 heavy (non-hydrogen) atoms. The molecule has 0 radical (unpaired) electrons. The van der Waals surface area contributed by atoms with E-state index in [1.54, 1.807) is 12.3 Å². The predicted octanol–water partition coefficient (Wildman–Crippen LogP) is 6.35. The number of rotatable bonds is 15. The fourth-order valence-electron chi connectivity index (χ4n) is 4.00. The highest BCUT2D eigenvalue weighted by Crippen LogP contribution is 2.24. The lowest BCUT2D eigenvalue weighted by molar-refractivity contribution is -0.274. The van der Waals surface area contributed by atoms with Crippen molar-refractivity contribution < 1.29 is 31.8 Å². The third kappa shape index (κ3) is 10.7. The van der Waals surface area contributed by atoms with E-state index >= 15 is 0 Å². The van der Waals surface area contributed by atoms with Gasteiger partial charge in [-0.3, -0.25) is 9.78 Å². The SMILES string of the molecule is O=C(Cc1cccc(OC(F)(F)F)c1)Nc1ccc(CCCCc2nnc(NCOCCc3cccnc3)s2)cc1F. The standard InChI is InChI=1S/C29H29F4N5O3S/c30-24-16-20(10-11-25(24)36-26(39)17-22-6-3-8-23(15-22)41-29(31,32)33)5-1-2-9-27-37-38-28(42-27)35-19-40-14-12-21-7-4-13-34-18-21/h3-4,6-8,10-11,13,15-16,18H,1-2,5,9,12,14,17,19H2,(H,35,38)(H,36,39). The Kier molecular flexibility index (Phi) is 11.2. The van der Waals surface area contributed by atoms with Crippen LogP contribution in [0.2, 0.25) is 0 Å². The summed E-state index contributed by atoms with van der Waals surface area (Å²) in [7, 11) is 0. The Bertz CT molecular complexity index is 1440. The van der Waals surface area contributed by atoms with Crippen molar-refractivity contribution >= 4 is 28.1 Å². The molecule has 1 amide bonds. The van der Waals surface area contributed by atoms with Gasteiger partial charge in [0.2, 0.25) is 11.0 Å². The second-order valence-corrected chi connectivity index (χ2v) is 10.3. The highest BCUT2D eigenvalue weighted by Gasteiger charge is 2.31. The number of unbranched alkanes of at least 4 members (excludes halogenated alkanes) is 1. The van der Waals surface area contributed by atoms with E-state index in [0.29, 0.717) is 30.5 Å². The van der Waals surface area contributed by atoms with E-state index in [4.69, 9.17) is 4.74 Å². The van der Waals surface area contributed by atoms with Crippen molar-refractivity contribution in [2.24, 2.45) is 0 Å². The van der Waals surface area contributed by atoms with Gasteiger partial charge in [0, 0.05) is 18.8 Å². The number of hydrogen-bond donors (Lipinski definition) is 2. The van der Waals surface area contributed by atoms with Gasteiger partial charge >= 0.3 is 6.36 Å². The number of anilines is 2. The van der Waals surface area contributed by atoms with Crippen LogP contribution in [0.25, 0.3) is 0 Å². The topological polar surface area (TPSA) is 98.3 Å². The van der Waals surface area contributed by atoms with E-state index < -0.39 is 23.8 Å².